The number of amides is 1. The molecular formula is C17H17N3O. The number of fused-ring (bicyclic) bond motifs is 1. The van der Waals surface area contributed by atoms with Crippen molar-refractivity contribution in [3.05, 3.63) is 54.1 Å². The highest BCUT2D eigenvalue weighted by molar-refractivity contribution is 5.93. The number of primary amides is 1. The lowest BCUT2D eigenvalue weighted by atomic mass is 10.1. The fourth-order valence-corrected chi connectivity index (χ4v) is 2.55. The van der Waals surface area contributed by atoms with Crippen LogP contribution in [0.15, 0.2) is 48.5 Å². The average molecular weight is 279 g/mol. The van der Waals surface area contributed by atoms with E-state index in [0.29, 0.717) is 5.82 Å². The lowest BCUT2D eigenvalue weighted by molar-refractivity contribution is 0.251. The third kappa shape index (κ3) is 2.40. The third-order valence-corrected chi connectivity index (χ3v) is 3.53. The Morgan fingerprint density at radius 1 is 1.14 bits per heavy atom. The Hall–Kier alpha value is -2.62. The first-order valence-corrected chi connectivity index (χ1v) is 7.07. The van der Waals surface area contributed by atoms with E-state index in [2.05, 4.69) is 24.0 Å². The van der Waals surface area contributed by atoms with Gasteiger partial charge in [-0.2, -0.15) is 0 Å². The molecule has 4 nitrogen and oxygen atoms in total. The minimum absolute atomic E-state index is 0.517. The Balaban J connectivity index is 2.15. The second-order valence-corrected chi connectivity index (χ2v) is 5.04. The van der Waals surface area contributed by atoms with Crippen LogP contribution < -0.4 is 5.73 Å². The van der Waals surface area contributed by atoms with E-state index in [-0.39, 0.29) is 0 Å². The van der Waals surface area contributed by atoms with Gasteiger partial charge in [-0.3, -0.25) is 0 Å². The van der Waals surface area contributed by atoms with Gasteiger partial charge in [0.05, 0.1) is 11.0 Å². The predicted molar refractivity (Wildman–Crippen MR) is 84.1 cm³/mol. The molecule has 2 N–H and O–H groups in total. The zero-order valence-corrected chi connectivity index (χ0v) is 11.9. The van der Waals surface area contributed by atoms with Crippen molar-refractivity contribution in [2.75, 3.05) is 0 Å². The van der Waals surface area contributed by atoms with Gasteiger partial charge in [-0.1, -0.05) is 49.7 Å². The van der Waals surface area contributed by atoms with Gasteiger partial charge in [-0.15, -0.1) is 0 Å². The number of hydrogen-bond acceptors (Lipinski definition) is 2. The van der Waals surface area contributed by atoms with Gasteiger partial charge in [0.15, 0.2) is 0 Å². The molecule has 0 radical (unpaired) electrons. The number of aromatic nitrogens is 2. The summed E-state index contributed by atoms with van der Waals surface area (Å²) in [4.78, 5) is 16.3. The summed E-state index contributed by atoms with van der Waals surface area (Å²) in [6, 6.07) is 15.1. The first-order chi connectivity index (χ1) is 10.2. The summed E-state index contributed by atoms with van der Waals surface area (Å²) in [6.07, 6.45) is 2.16. The Morgan fingerprint density at radius 3 is 2.52 bits per heavy atom. The van der Waals surface area contributed by atoms with E-state index in [1.807, 2.05) is 36.4 Å². The number of imidazole rings is 1. The van der Waals surface area contributed by atoms with Crippen molar-refractivity contribution >= 4 is 17.1 Å². The molecule has 0 spiro atoms. The molecule has 1 heterocycles. The molecule has 4 heteroatoms. The normalized spacial score (nSPS) is 10.9. The van der Waals surface area contributed by atoms with Crippen LogP contribution in [0.4, 0.5) is 4.79 Å². The van der Waals surface area contributed by atoms with E-state index in [1.165, 1.54) is 10.1 Å². The molecule has 0 saturated carbocycles. The number of nitrogens with zero attached hydrogens (tertiary/aromatic N) is 2. The standard InChI is InChI=1S/C17H17N3O/c1-2-5-12-8-10-13(11-9-12)16-19-14-6-3-4-7-15(14)20(16)17(18)21/h3-4,6-11H,2,5H2,1H3,(H2,18,21). The quantitative estimate of drug-likeness (QED) is 0.796. The van der Waals surface area contributed by atoms with Crippen LogP contribution in [0, 0.1) is 0 Å². The average Bonchev–Trinajstić information content (AvgIpc) is 2.88. The highest BCUT2D eigenvalue weighted by atomic mass is 16.2. The molecule has 0 atom stereocenters. The van der Waals surface area contributed by atoms with E-state index in [4.69, 9.17) is 5.73 Å². The summed E-state index contributed by atoms with van der Waals surface area (Å²) in [7, 11) is 0. The van der Waals surface area contributed by atoms with Crippen molar-refractivity contribution in [3.63, 3.8) is 0 Å². The fourth-order valence-electron chi connectivity index (χ4n) is 2.55. The lowest BCUT2D eigenvalue weighted by Gasteiger charge is -2.05. The molecule has 1 aromatic heterocycles. The molecule has 1 amide bonds. The van der Waals surface area contributed by atoms with Gasteiger partial charge in [0.2, 0.25) is 0 Å². The number of carbonyl (C=O) groups excluding carboxylic acids is 1. The van der Waals surface area contributed by atoms with Gasteiger partial charge in [0, 0.05) is 5.56 Å². The van der Waals surface area contributed by atoms with Gasteiger partial charge >= 0.3 is 6.03 Å². The van der Waals surface area contributed by atoms with Crippen LogP contribution in [0.5, 0.6) is 0 Å². The van der Waals surface area contributed by atoms with Gasteiger partial charge in [-0.05, 0) is 24.1 Å². The van der Waals surface area contributed by atoms with Gasteiger partial charge < -0.3 is 5.73 Å². The fraction of sp³-hybridized carbons (Fsp3) is 0.176. The molecule has 0 aliphatic rings. The second-order valence-electron chi connectivity index (χ2n) is 5.04. The molecular weight excluding hydrogens is 262 g/mol. The number of hydrogen-bond donors (Lipinski definition) is 1. The van der Waals surface area contributed by atoms with E-state index in [1.54, 1.807) is 0 Å². The Morgan fingerprint density at radius 2 is 1.86 bits per heavy atom. The van der Waals surface area contributed by atoms with Crippen LogP contribution in [-0.2, 0) is 6.42 Å². The third-order valence-electron chi connectivity index (χ3n) is 3.53. The minimum atomic E-state index is -0.517. The van der Waals surface area contributed by atoms with E-state index >= 15 is 0 Å². The molecule has 3 rings (SSSR count). The largest absolute Gasteiger partial charge is 0.351 e. The predicted octanol–water partition coefficient (Wildman–Crippen LogP) is 3.58. The topological polar surface area (TPSA) is 60.9 Å². The Kier molecular flexibility index (Phi) is 3.44. The Bertz CT molecular complexity index is 787. The summed E-state index contributed by atoms with van der Waals surface area (Å²) in [5, 5.41) is 0. The highest BCUT2D eigenvalue weighted by Crippen LogP contribution is 2.24. The molecule has 106 valence electrons. The maximum atomic E-state index is 11.8. The minimum Gasteiger partial charge on any atom is -0.351 e. The Labute approximate surface area is 123 Å². The van der Waals surface area contributed by atoms with Crippen molar-refractivity contribution in [2.24, 2.45) is 5.73 Å². The number of benzene rings is 2. The van der Waals surface area contributed by atoms with Gasteiger partial charge in [-0.25, -0.2) is 14.3 Å². The van der Waals surface area contributed by atoms with Crippen molar-refractivity contribution < 1.29 is 4.79 Å². The molecule has 0 aliphatic carbocycles. The van der Waals surface area contributed by atoms with Crippen molar-refractivity contribution in [3.8, 4) is 11.4 Å². The van der Waals surface area contributed by atoms with Crippen molar-refractivity contribution in [2.45, 2.75) is 19.8 Å². The summed E-state index contributed by atoms with van der Waals surface area (Å²) in [5.74, 6) is 0.590. The maximum absolute atomic E-state index is 11.8. The SMILES string of the molecule is CCCc1ccc(-c2nc3ccccc3n2C(N)=O)cc1. The zero-order valence-electron chi connectivity index (χ0n) is 11.9. The molecule has 2 aromatic carbocycles. The molecule has 0 fully saturated rings. The molecule has 3 aromatic rings. The lowest BCUT2D eigenvalue weighted by Crippen LogP contribution is -2.20. The van der Waals surface area contributed by atoms with E-state index in [0.717, 1.165) is 29.4 Å². The molecule has 0 unspecified atom stereocenters. The molecule has 0 bridgehead atoms. The van der Waals surface area contributed by atoms with Crippen LogP contribution in [-0.4, -0.2) is 15.6 Å². The van der Waals surface area contributed by atoms with E-state index < -0.39 is 6.03 Å². The van der Waals surface area contributed by atoms with Crippen LogP contribution in [0.2, 0.25) is 0 Å². The number of nitrogens with two attached hydrogens (primary N) is 1. The summed E-state index contributed by atoms with van der Waals surface area (Å²) in [5.41, 5.74) is 9.20. The summed E-state index contributed by atoms with van der Waals surface area (Å²) in [6.45, 7) is 2.15. The zero-order chi connectivity index (χ0) is 14.8. The monoisotopic (exact) mass is 279 g/mol. The molecule has 0 saturated heterocycles. The first kappa shape index (κ1) is 13.4. The number of carbonyl (C=O) groups is 1. The smallest absolute Gasteiger partial charge is 0.325 e. The summed E-state index contributed by atoms with van der Waals surface area (Å²) < 4.78 is 1.46. The van der Waals surface area contributed by atoms with Crippen LogP contribution in [0.25, 0.3) is 22.4 Å². The summed E-state index contributed by atoms with van der Waals surface area (Å²) >= 11 is 0. The van der Waals surface area contributed by atoms with Crippen LogP contribution in [0.1, 0.15) is 18.9 Å². The maximum Gasteiger partial charge on any atom is 0.325 e. The van der Waals surface area contributed by atoms with Gasteiger partial charge in [0.25, 0.3) is 0 Å². The number of para-hydroxylation sites is 2. The molecule has 0 aliphatic heterocycles. The molecule has 21 heavy (non-hydrogen) atoms. The van der Waals surface area contributed by atoms with Crippen LogP contribution >= 0.6 is 0 Å². The van der Waals surface area contributed by atoms with Crippen LogP contribution in [0.3, 0.4) is 0 Å². The van der Waals surface area contributed by atoms with Crippen molar-refractivity contribution in [1.82, 2.24) is 9.55 Å². The van der Waals surface area contributed by atoms with Gasteiger partial charge in [0.1, 0.15) is 5.82 Å². The second kappa shape index (κ2) is 5.40. The van der Waals surface area contributed by atoms with E-state index in [9.17, 15) is 4.79 Å². The number of aryl methyl sites for hydroxylation is 1. The highest BCUT2D eigenvalue weighted by Gasteiger charge is 2.15. The van der Waals surface area contributed by atoms with Crippen molar-refractivity contribution in [1.29, 1.82) is 0 Å². The first-order valence-electron chi connectivity index (χ1n) is 7.07. The number of rotatable bonds is 3.